The maximum Gasteiger partial charge on any atom is 0.166 e. The Balaban J connectivity index is 2.09. The Hall–Kier alpha value is -1.81. The van der Waals surface area contributed by atoms with Crippen molar-refractivity contribution in [1.82, 2.24) is 14.3 Å². The van der Waals surface area contributed by atoms with Gasteiger partial charge >= 0.3 is 0 Å². The third kappa shape index (κ3) is 1.68. The lowest BCUT2D eigenvalue weighted by Gasteiger charge is -2.08. The van der Waals surface area contributed by atoms with E-state index in [1.807, 2.05) is 23.9 Å². The second-order valence-electron chi connectivity index (χ2n) is 5.35. The average Bonchev–Trinajstić information content (AvgIpc) is 3.07. The summed E-state index contributed by atoms with van der Waals surface area (Å²) in [5.41, 5.74) is 2.58. The minimum absolute atomic E-state index is 0.156. The zero-order valence-electron chi connectivity index (χ0n) is 11.0. The molecule has 1 aliphatic rings. The number of nitrogens with zero attached hydrogens (tertiary/aromatic N) is 3. The summed E-state index contributed by atoms with van der Waals surface area (Å²) in [6, 6.07) is 5.56. The Kier molecular flexibility index (Phi) is 2.45. The van der Waals surface area contributed by atoms with Crippen molar-refractivity contribution in [3.05, 3.63) is 47.1 Å². The van der Waals surface area contributed by atoms with Gasteiger partial charge in [0.1, 0.15) is 0 Å². The molecule has 102 valence electrons. The predicted molar refractivity (Wildman–Crippen MR) is 77.0 cm³/mol. The molecule has 0 saturated heterocycles. The third-order valence-electron chi connectivity index (χ3n) is 3.83. The Labute approximate surface area is 120 Å². The molecule has 2 aromatic heterocycles. The van der Waals surface area contributed by atoms with Gasteiger partial charge in [0.15, 0.2) is 5.82 Å². The lowest BCUT2D eigenvalue weighted by Crippen LogP contribution is -1.99. The summed E-state index contributed by atoms with van der Waals surface area (Å²) in [6.45, 7) is 0. The fraction of sp³-hybridized carbons (Fsp3) is 0.267. The topological polar surface area (TPSA) is 22.8 Å². The first kappa shape index (κ1) is 12.0. The molecular formula is C15H13ClFN3. The van der Waals surface area contributed by atoms with Gasteiger partial charge in [-0.3, -0.25) is 4.68 Å². The van der Waals surface area contributed by atoms with Crippen LogP contribution in [0.5, 0.6) is 0 Å². The summed E-state index contributed by atoms with van der Waals surface area (Å²) in [5.74, 6) is 0.153. The van der Waals surface area contributed by atoms with Crippen LogP contribution in [-0.2, 0) is 7.05 Å². The molecule has 1 aromatic carbocycles. The highest BCUT2D eigenvalue weighted by molar-refractivity contribution is 6.31. The highest BCUT2D eigenvalue weighted by atomic mass is 35.5. The van der Waals surface area contributed by atoms with Crippen LogP contribution in [0.3, 0.4) is 0 Å². The zero-order valence-corrected chi connectivity index (χ0v) is 11.7. The van der Waals surface area contributed by atoms with Crippen LogP contribution in [0.15, 0.2) is 30.6 Å². The van der Waals surface area contributed by atoms with Gasteiger partial charge in [0.2, 0.25) is 0 Å². The SMILES string of the molecule is Cn1cc(-n2c(C3CC3)cc3ccc(Cl)c(F)c32)cn1. The lowest BCUT2D eigenvalue weighted by atomic mass is 10.2. The second kappa shape index (κ2) is 4.09. The Morgan fingerprint density at radius 2 is 2.15 bits per heavy atom. The Bertz CT molecular complexity index is 814. The van der Waals surface area contributed by atoms with Gasteiger partial charge in [0, 0.05) is 24.3 Å². The monoisotopic (exact) mass is 289 g/mol. The van der Waals surface area contributed by atoms with Gasteiger partial charge in [0.05, 0.1) is 22.4 Å². The maximum absolute atomic E-state index is 14.5. The van der Waals surface area contributed by atoms with Crippen LogP contribution in [-0.4, -0.2) is 14.3 Å². The molecule has 1 aliphatic carbocycles. The van der Waals surface area contributed by atoms with Gasteiger partial charge in [-0.15, -0.1) is 0 Å². The van der Waals surface area contributed by atoms with Crippen LogP contribution in [0, 0.1) is 5.82 Å². The van der Waals surface area contributed by atoms with Crippen LogP contribution in [0.25, 0.3) is 16.6 Å². The lowest BCUT2D eigenvalue weighted by molar-refractivity contribution is 0.634. The van der Waals surface area contributed by atoms with E-state index in [2.05, 4.69) is 11.2 Å². The fourth-order valence-electron chi connectivity index (χ4n) is 2.73. The van der Waals surface area contributed by atoms with Gasteiger partial charge in [-0.25, -0.2) is 4.39 Å². The van der Waals surface area contributed by atoms with Crippen LogP contribution in [0.4, 0.5) is 4.39 Å². The molecular weight excluding hydrogens is 277 g/mol. The predicted octanol–water partition coefficient (Wildman–Crippen LogP) is 4.03. The van der Waals surface area contributed by atoms with Gasteiger partial charge < -0.3 is 4.57 Å². The van der Waals surface area contributed by atoms with E-state index in [1.54, 1.807) is 16.9 Å². The van der Waals surface area contributed by atoms with Crippen molar-refractivity contribution in [2.24, 2.45) is 7.05 Å². The second-order valence-corrected chi connectivity index (χ2v) is 5.76. The molecule has 0 aliphatic heterocycles. The number of fused-ring (bicyclic) bond motifs is 1. The van der Waals surface area contributed by atoms with Crippen molar-refractivity contribution in [2.75, 3.05) is 0 Å². The highest BCUT2D eigenvalue weighted by Crippen LogP contribution is 2.44. The molecule has 0 unspecified atom stereocenters. The van der Waals surface area contributed by atoms with E-state index in [9.17, 15) is 4.39 Å². The molecule has 1 saturated carbocycles. The summed E-state index contributed by atoms with van der Waals surface area (Å²) in [4.78, 5) is 0. The van der Waals surface area contributed by atoms with Crippen molar-refractivity contribution in [1.29, 1.82) is 0 Å². The quantitative estimate of drug-likeness (QED) is 0.698. The van der Waals surface area contributed by atoms with E-state index in [0.29, 0.717) is 11.4 Å². The summed E-state index contributed by atoms with van der Waals surface area (Å²) < 4.78 is 18.2. The number of aryl methyl sites for hydroxylation is 1. The summed E-state index contributed by atoms with van der Waals surface area (Å²) in [6.07, 6.45) is 5.97. The number of aromatic nitrogens is 3. The molecule has 0 atom stereocenters. The van der Waals surface area contributed by atoms with Gasteiger partial charge in [0.25, 0.3) is 0 Å². The van der Waals surface area contributed by atoms with E-state index < -0.39 is 0 Å². The van der Waals surface area contributed by atoms with Gasteiger partial charge in [-0.2, -0.15) is 5.10 Å². The normalized spacial score (nSPS) is 15.2. The van der Waals surface area contributed by atoms with E-state index in [1.165, 1.54) is 0 Å². The molecule has 2 heterocycles. The van der Waals surface area contributed by atoms with Crippen molar-refractivity contribution in [3.63, 3.8) is 0 Å². The molecule has 3 aromatic rings. The average molecular weight is 290 g/mol. The molecule has 0 bridgehead atoms. The van der Waals surface area contributed by atoms with E-state index in [4.69, 9.17) is 11.6 Å². The third-order valence-corrected chi connectivity index (χ3v) is 4.12. The molecule has 0 spiro atoms. The number of benzene rings is 1. The van der Waals surface area contributed by atoms with Crippen molar-refractivity contribution in [2.45, 2.75) is 18.8 Å². The van der Waals surface area contributed by atoms with Crippen LogP contribution in [0.2, 0.25) is 5.02 Å². The molecule has 3 nitrogen and oxygen atoms in total. The first-order valence-corrected chi connectivity index (χ1v) is 7.01. The van der Waals surface area contributed by atoms with E-state index in [0.717, 1.165) is 29.6 Å². The number of hydrogen-bond acceptors (Lipinski definition) is 1. The van der Waals surface area contributed by atoms with Crippen molar-refractivity contribution >= 4 is 22.5 Å². The minimum atomic E-state index is -0.361. The Morgan fingerprint density at radius 1 is 1.35 bits per heavy atom. The Morgan fingerprint density at radius 3 is 2.80 bits per heavy atom. The standard InChI is InChI=1S/C15H13ClFN3/c1-19-8-11(7-18-19)20-13(9-2-3-9)6-10-4-5-12(16)14(17)15(10)20/h4-9H,2-3H2,1H3. The maximum atomic E-state index is 14.5. The molecule has 5 heteroatoms. The van der Waals surface area contributed by atoms with Crippen molar-refractivity contribution < 1.29 is 4.39 Å². The highest BCUT2D eigenvalue weighted by Gasteiger charge is 2.29. The first-order chi connectivity index (χ1) is 9.65. The molecule has 0 radical (unpaired) electrons. The molecule has 20 heavy (non-hydrogen) atoms. The zero-order chi connectivity index (χ0) is 13.9. The van der Waals surface area contributed by atoms with Crippen molar-refractivity contribution in [3.8, 4) is 5.69 Å². The summed E-state index contributed by atoms with van der Waals surface area (Å²) in [5, 5.41) is 5.24. The summed E-state index contributed by atoms with van der Waals surface area (Å²) >= 11 is 5.95. The largest absolute Gasteiger partial charge is 0.308 e. The molecule has 1 fully saturated rings. The van der Waals surface area contributed by atoms with E-state index in [-0.39, 0.29) is 10.8 Å². The van der Waals surface area contributed by atoms with Gasteiger partial charge in [-0.05, 0) is 30.9 Å². The van der Waals surface area contributed by atoms with E-state index >= 15 is 0 Å². The number of halogens is 2. The van der Waals surface area contributed by atoms with Crippen LogP contribution < -0.4 is 0 Å². The molecule has 0 N–H and O–H groups in total. The van der Waals surface area contributed by atoms with Gasteiger partial charge in [-0.1, -0.05) is 17.7 Å². The smallest absolute Gasteiger partial charge is 0.166 e. The summed E-state index contributed by atoms with van der Waals surface area (Å²) in [7, 11) is 1.86. The minimum Gasteiger partial charge on any atom is -0.308 e. The van der Waals surface area contributed by atoms with Crippen LogP contribution in [0.1, 0.15) is 24.5 Å². The first-order valence-electron chi connectivity index (χ1n) is 6.63. The number of hydrogen-bond donors (Lipinski definition) is 0. The molecule has 0 amide bonds. The number of rotatable bonds is 2. The molecule has 4 rings (SSSR count). The fourth-order valence-corrected chi connectivity index (χ4v) is 2.89. The van der Waals surface area contributed by atoms with Crippen LogP contribution >= 0.6 is 11.6 Å².